The molecule has 2 aromatic rings. The van der Waals surface area contributed by atoms with Gasteiger partial charge in [0.25, 0.3) is 0 Å². The van der Waals surface area contributed by atoms with Crippen LogP contribution in [0.5, 0.6) is 0 Å². The van der Waals surface area contributed by atoms with Crippen molar-refractivity contribution in [2.45, 2.75) is 44.0 Å². The van der Waals surface area contributed by atoms with Gasteiger partial charge in [-0.2, -0.15) is 0 Å². The van der Waals surface area contributed by atoms with Crippen LogP contribution in [0.4, 0.5) is 0 Å². The van der Waals surface area contributed by atoms with Crippen LogP contribution in [-0.4, -0.2) is 35.0 Å². The molecule has 0 heterocycles. The molecule has 166 valence electrons. The van der Waals surface area contributed by atoms with Gasteiger partial charge < -0.3 is 10.6 Å². The summed E-state index contributed by atoms with van der Waals surface area (Å²) >= 11 is 0. The van der Waals surface area contributed by atoms with Gasteiger partial charge in [-0.3, -0.25) is 4.99 Å². The Morgan fingerprint density at radius 2 is 1.57 bits per heavy atom. The van der Waals surface area contributed by atoms with Crippen LogP contribution in [-0.2, 0) is 23.0 Å². The lowest BCUT2D eigenvalue weighted by Gasteiger charge is -2.12. The highest BCUT2D eigenvalue weighted by molar-refractivity contribution is 14.0. The first kappa shape index (κ1) is 26.4. The summed E-state index contributed by atoms with van der Waals surface area (Å²) in [6, 6.07) is 15.6. The van der Waals surface area contributed by atoms with E-state index < -0.39 is 10.0 Å². The molecule has 30 heavy (non-hydrogen) atoms. The van der Waals surface area contributed by atoms with Gasteiger partial charge in [0, 0.05) is 20.1 Å². The van der Waals surface area contributed by atoms with E-state index >= 15 is 0 Å². The Labute approximate surface area is 198 Å². The lowest BCUT2D eigenvalue weighted by Crippen LogP contribution is -2.37. The second kappa shape index (κ2) is 12.9. The van der Waals surface area contributed by atoms with Crippen LogP contribution in [0, 0.1) is 0 Å². The first-order chi connectivity index (χ1) is 13.9. The van der Waals surface area contributed by atoms with Crippen molar-refractivity contribution in [1.82, 2.24) is 15.4 Å². The number of rotatable bonds is 9. The minimum atomic E-state index is -3.40. The molecule has 0 amide bonds. The van der Waals surface area contributed by atoms with Crippen LogP contribution in [0.3, 0.4) is 0 Å². The normalized spacial score (nSPS) is 11.8. The molecule has 0 aliphatic heterocycles. The molecular weight excluding hydrogens is 511 g/mol. The third-order valence-corrected chi connectivity index (χ3v) is 6.20. The average Bonchev–Trinajstić information content (AvgIpc) is 2.74. The SMILES string of the molecule is CN=C(NCCCc1ccc(C(C)C)cc1)NCc1ccc(S(=O)(=O)NC)cc1.I. The van der Waals surface area contributed by atoms with Crippen LogP contribution in [0.15, 0.2) is 58.4 Å². The minimum absolute atomic E-state index is 0. The Hall–Kier alpha value is -1.65. The third kappa shape index (κ3) is 8.23. The van der Waals surface area contributed by atoms with Crippen molar-refractivity contribution in [2.24, 2.45) is 4.99 Å². The summed E-state index contributed by atoms with van der Waals surface area (Å²) in [5, 5.41) is 6.57. The van der Waals surface area contributed by atoms with Crippen molar-refractivity contribution in [2.75, 3.05) is 20.6 Å². The molecule has 0 fully saturated rings. The zero-order valence-electron chi connectivity index (χ0n) is 18.1. The predicted molar refractivity (Wildman–Crippen MR) is 135 cm³/mol. The maximum absolute atomic E-state index is 11.8. The molecule has 6 nitrogen and oxygen atoms in total. The Bertz CT molecular complexity index is 896. The van der Waals surface area contributed by atoms with Gasteiger partial charge in [-0.15, -0.1) is 24.0 Å². The number of hydrogen-bond donors (Lipinski definition) is 3. The van der Waals surface area contributed by atoms with Crippen LogP contribution in [0.25, 0.3) is 0 Å². The molecule has 2 rings (SSSR count). The molecule has 0 saturated carbocycles. The molecule has 0 saturated heterocycles. The first-order valence-electron chi connectivity index (χ1n) is 9.91. The highest BCUT2D eigenvalue weighted by Gasteiger charge is 2.10. The van der Waals surface area contributed by atoms with Crippen LogP contribution in [0.2, 0.25) is 0 Å². The number of benzene rings is 2. The van der Waals surface area contributed by atoms with Gasteiger partial charge in [0.1, 0.15) is 0 Å². The number of sulfonamides is 1. The van der Waals surface area contributed by atoms with Gasteiger partial charge in [0.2, 0.25) is 10.0 Å². The molecule has 0 aliphatic carbocycles. The second-order valence-corrected chi connectivity index (χ2v) is 9.09. The number of hydrogen-bond acceptors (Lipinski definition) is 3. The first-order valence-corrected chi connectivity index (χ1v) is 11.4. The highest BCUT2D eigenvalue weighted by Crippen LogP contribution is 2.15. The number of halogens is 1. The summed E-state index contributed by atoms with van der Waals surface area (Å²) in [5.74, 6) is 1.29. The predicted octanol–water partition coefficient (Wildman–Crippen LogP) is 3.63. The Balaban J connectivity index is 0.00000450. The lowest BCUT2D eigenvalue weighted by molar-refractivity contribution is 0.588. The number of nitrogens with one attached hydrogen (secondary N) is 3. The van der Waals surface area contributed by atoms with Crippen LogP contribution >= 0.6 is 24.0 Å². The van der Waals surface area contributed by atoms with E-state index in [1.165, 1.54) is 18.2 Å². The molecule has 0 unspecified atom stereocenters. The van der Waals surface area contributed by atoms with E-state index in [9.17, 15) is 8.42 Å². The summed E-state index contributed by atoms with van der Waals surface area (Å²) < 4.78 is 25.8. The van der Waals surface area contributed by atoms with Crippen LogP contribution < -0.4 is 15.4 Å². The molecule has 3 N–H and O–H groups in total. The molecule has 2 aromatic carbocycles. The quantitative estimate of drug-likeness (QED) is 0.195. The Kier molecular flexibility index (Phi) is 11.4. The van der Waals surface area contributed by atoms with E-state index in [0.29, 0.717) is 12.5 Å². The van der Waals surface area contributed by atoms with Gasteiger partial charge in [-0.1, -0.05) is 50.2 Å². The number of nitrogens with zero attached hydrogens (tertiary/aromatic N) is 1. The van der Waals surface area contributed by atoms with Gasteiger partial charge in [0.15, 0.2) is 5.96 Å². The summed E-state index contributed by atoms with van der Waals surface area (Å²) in [4.78, 5) is 4.49. The molecule has 0 bridgehead atoms. The molecule has 0 radical (unpaired) electrons. The van der Waals surface area contributed by atoms with Gasteiger partial charge in [-0.05, 0) is 54.6 Å². The summed E-state index contributed by atoms with van der Waals surface area (Å²) in [6.07, 6.45) is 2.03. The largest absolute Gasteiger partial charge is 0.356 e. The monoisotopic (exact) mass is 544 g/mol. The van der Waals surface area contributed by atoms with Crippen molar-refractivity contribution < 1.29 is 8.42 Å². The highest BCUT2D eigenvalue weighted by atomic mass is 127. The fourth-order valence-electron chi connectivity index (χ4n) is 2.88. The number of guanidine groups is 1. The number of aryl methyl sites for hydroxylation is 1. The number of aliphatic imine (C=N–C) groups is 1. The zero-order chi connectivity index (χ0) is 21.3. The van der Waals surface area contributed by atoms with Gasteiger partial charge in [-0.25, -0.2) is 13.1 Å². The smallest absolute Gasteiger partial charge is 0.240 e. The van der Waals surface area contributed by atoms with Gasteiger partial charge in [0.05, 0.1) is 4.90 Å². The Morgan fingerprint density at radius 1 is 0.967 bits per heavy atom. The molecule has 0 aromatic heterocycles. The molecule has 0 atom stereocenters. The van der Waals surface area contributed by atoms with E-state index in [1.54, 1.807) is 31.3 Å². The topological polar surface area (TPSA) is 82.6 Å². The fourth-order valence-corrected chi connectivity index (χ4v) is 3.61. The van der Waals surface area contributed by atoms with E-state index in [0.717, 1.165) is 30.9 Å². The van der Waals surface area contributed by atoms with E-state index in [-0.39, 0.29) is 28.9 Å². The molecule has 8 heteroatoms. The maximum Gasteiger partial charge on any atom is 0.240 e. The second-order valence-electron chi connectivity index (χ2n) is 7.20. The zero-order valence-corrected chi connectivity index (χ0v) is 21.3. The van der Waals surface area contributed by atoms with E-state index in [1.807, 2.05) is 0 Å². The Morgan fingerprint density at radius 3 is 2.10 bits per heavy atom. The minimum Gasteiger partial charge on any atom is -0.356 e. The average molecular weight is 545 g/mol. The standard InChI is InChI=1S/C22H32N4O2S.HI/c1-17(2)20-11-7-18(8-12-20)6-5-15-25-22(23-3)26-16-19-9-13-21(14-10-19)29(27,28)24-4;/h7-14,17,24H,5-6,15-16H2,1-4H3,(H2,23,25,26);1H. The maximum atomic E-state index is 11.8. The van der Waals surface area contributed by atoms with Crippen molar-refractivity contribution >= 4 is 40.0 Å². The van der Waals surface area contributed by atoms with Crippen LogP contribution in [0.1, 0.15) is 42.9 Å². The van der Waals surface area contributed by atoms with E-state index in [2.05, 4.69) is 58.5 Å². The lowest BCUT2D eigenvalue weighted by atomic mass is 10.0. The fraction of sp³-hybridized carbons (Fsp3) is 0.409. The van der Waals surface area contributed by atoms with E-state index in [4.69, 9.17) is 0 Å². The van der Waals surface area contributed by atoms with Gasteiger partial charge >= 0.3 is 0 Å². The summed E-state index contributed by atoms with van der Waals surface area (Å²) in [7, 11) is -0.260. The van der Waals surface area contributed by atoms with Crippen molar-refractivity contribution in [3.05, 3.63) is 65.2 Å². The molecule has 0 aliphatic rings. The summed E-state index contributed by atoms with van der Waals surface area (Å²) in [5.41, 5.74) is 3.69. The van der Waals surface area contributed by atoms with Crippen molar-refractivity contribution in [3.8, 4) is 0 Å². The third-order valence-electron chi connectivity index (χ3n) is 4.77. The van der Waals surface area contributed by atoms with Crippen molar-refractivity contribution in [3.63, 3.8) is 0 Å². The molecular formula is C22H33IN4O2S. The van der Waals surface area contributed by atoms with Crippen molar-refractivity contribution in [1.29, 1.82) is 0 Å². The molecule has 0 spiro atoms. The summed E-state index contributed by atoms with van der Waals surface area (Å²) in [6.45, 7) is 5.80.